The number of halogens is 1. The first-order valence-electron chi connectivity index (χ1n) is 10.3. The molecule has 2 amide bonds. The Bertz CT molecular complexity index is 1570. The number of amides is 2. The van der Waals surface area contributed by atoms with Gasteiger partial charge in [0, 0.05) is 24.5 Å². The number of benzene rings is 2. The normalized spacial score (nSPS) is 11.4. The topological polar surface area (TPSA) is 148 Å². The van der Waals surface area contributed by atoms with E-state index in [0.29, 0.717) is 45.5 Å². The second kappa shape index (κ2) is 10.0. The maximum atomic E-state index is 13.2. The van der Waals surface area contributed by atoms with Gasteiger partial charge in [0.15, 0.2) is 0 Å². The number of fused-ring (bicyclic) bond motifs is 1. The highest BCUT2D eigenvalue weighted by atomic mass is 35.5. The van der Waals surface area contributed by atoms with Gasteiger partial charge in [-0.2, -0.15) is 0 Å². The zero-order valence-electron chi connectivity index (χ0n) is 18.4. The van der Waals surface area contributed by atoms with Crippen molar-refractivity contribution in [1.29, 1.82) is 0 Å². The maximum absolute atomic E-state index is 13.2. The molecule has 0 unspecified atom stereocenters. The Balaban J connectivity index is 1.53. The Kier molecular flexibility index (Phi) is 7.08. The average molecular weight is 533 g/mol. The zero-order valence-corrected chi connectivity index (χ0v) is 20.8. The fourth-order valence-corrected chi connectivity index (χ4v) is 5.78. The van der Waals surface area contributed by atoms with Gasteiger partial charge in [-0.1, -0.05) is 11.6 Å². The van der Waals surface area contributed by atoms with E-state index in [-0.39, 0.29) is 9.77 Å². The molecular weight excluding hydrogens is 512 g/mol. The molecule has 2 aromatic heterocycles. The third kappa shape index (κ3) is 5.46. The van der Waals surface area contributed by atoms with Crippen LogP contribution in [0.15, 0.2) is 63.6 Å². The molecule has 5 N–H and O–H groups in total. The van der Waals surface area contributed by atoms with Crippen molar-refractivity contribution < 1.29 is 13.2 Å². The highest BCUT2D eigenvalue weighted by Gasteiger charge is 2.20. The van der Waals surface area contributed by atoms with E-state index in [1.807, 2.05) is 4.72 Å². The van der Waals surface area contributed by atoms with Crippen LogP contribution in [0, 0.1) is 6.92 Å². The van der Waals surface area contributed by atoms with E-state index in [0.717, 1.165) is 17.0 Å². The molecule has 4 rings (SSSR count). The Hall–Kier alpha value is -3.45. The van der Waals surface area contributed by atoms with Gasteiger partial charge in [-0.05, 0) is 61.5 Å². The van der Waals surface area contributed by atoms with Crippen LogP contribution >= 0.6 is 22.9 Å². The number of anilines is 2. The summed E-state index contributed by atoms with van der Waals surface area (Å²) in [6.45, 7) is 2.81. The molecule has 0 fully saturated rings. The van der Waals surface area contributed by atoms with Gasteiger partial charge in [-0.15, -0.1) is 11.3 Å². The minimum absolute atomic E-state index is 0.0751. The Morgan fingerprint density at radius 3 is 2.49 bits per heavy atom. The number of aryl methyl sites for hydroxylation is 1. The lowest BCUT2D eigenvalue weighted by Gasteiger charge is -2.13. The number of nitrogens with one attached hydrogen (secondary N) is 3. The molecule has 0 saturated carbocycles. The minimum Gasteiger partial charge on any atom is -0.384 e. The lowest BCUT2D eigenvalue weighted by atomic mass is 10.2. The van der Waals surface area contributed by atoms with Gasteiger partial charge in [0.1, 0.15) is 10.0 Å². The largest absolute Gasteiger partial charge is 0.384 e. The quantitative estimate of drug-likeness (QED) is 0.285. The van der Waals surface area contributed by atoms with E-state index in [4.69, 9.17) is 17.3 Å². The molecule has 2 aromatic carbocycles. The van der Waals surface area contributed by atoms with Gasteiger partial charge >= 0.3 is 6.03 Å². The number of hydrogen-bond acceptors (Lipinski definition) is 8. The zero-order chi connectivity index (χ0) is 25.2. The summed E-state index contributed by atoms with van der Waals surface area (Å²) < 4.78 is 28.1. The lowest BCUT2D eigenvalue weighted by Crippen LogP contribution is -2.33. The number of rotatable bonds is 7. The number of carbonyl (C=O) groups excluding carboxylic acids is 1. The van der Waals surface area contributed by atoms with E-state index in [1.54, 1.807) is 49.4 Å². The van der Waals surface area contributed by atoms with Crippen molar-refractivity contribution in [2.24, 2.45) is 5.73 Å². The van der Waals surface area contributed by atoms with Gasteiger partial charge in [-0.3, -0.25) is 9.36 Å². The summed E-state index contributed by atoms with van der Waals surface area (Å²) in [5, 5.41) is 6.07. The van der Waals surface area contributed by atoms with Crippen LogP contribution in [0.4, 0.5) is 16.2 Å². The van der Waals surface area contributed by atoms with Crippen LogP contribution in [0.2, 0.25) is 4.34 Å². The summed E-state index contributed by atoms with van der Waals surface area (Å²) in [6.07, 6.45) is 0. The van der Waals surface area contributed by atoms with Crippen molar-refractivity contribution in [1.82, 2.24) is 14.3 Å². The smallest absolute Gasteiger partial charge is 0.333 e. The van der Waals surface area contributed by atoms with E-state index in [1.165, 1.54) is 16.7 Å². The number of sulfonamides is 1. The molecule has 0 saturated heterocycles. The number of carbonyl (C=O) groups is 1. The van der Waals surface area contributed by atoms with E-state index >= 15 is 0 Å². The van der Waals surface area contributed by atoms with Crippen LogP contribution in [-0.4, -0.2) is 37.1 Å². The van der Waals surface area contributed by atoms with Gasteiger partial charge in [0.2, 0.25) is 0 Å². The molecule has 0 aliphatic carbocycles. The van der Waals surface area contributed by atoms with Crippen molar-refractivity contribution in [2.75, 3.05) is 23.7 Å². The van der Waals surface area contributed by atoms with Crippen LogP contribution < -0.4 is 26.6 Å². The van der Waals surface area contributed by atoms with Crippen LogP contribution in [0.25, 0.3) is 16.6 Å². The van der Waals surface area contributed by atoms with Gasteiger partial charge in [0.25, 0.3) is 15.6 Å². The molecule has 35 heavy (non-hydrogen) atoms. The number of aromatic nitrogens is 2. The van der Waals surface area contributed by atoms with Gasteiger partial charge in [-0.25, -0.2) is 22.9 Å². The lowest BCUT2D eigenvalue weighted by molar-refractivity contribution is 0.256. The molecule has 182 valence electrons. The van der Waals surface area contributed by atoms with Gasteiger partial charge in [0.05, 0.1) is 20.9 Å². The third-order valence-electron chi connectivity index (χ3n) is 4.93. The summed E-state index contributed by atoms with van der Waals surface area (Å²) in [5.74, 6) is 0.484. The van der Waals surface area contributed by atoms with Crippen molar-refractivity contribution in [3.05, 3.63) is 75.1 Å². The van der Waals surface area contributed by atoms with E-state index in [9.17, 15) is 18.0 Å². The third-order valence-corrected chi connectivity index (χ3v) is 7.99. The highest BCUT2D eigenvalue weighted by Crippen LogP contribution is 2.25. The van der Waals surface area contributed by atoms with Crippen LogP contribution in [0.3, 0.4) is 0 Å². The van der Waals surface area contributed by atoms with Crippen molar-refractivity contribution >= 4 is 61.3 Å². The predicted molar refractivity (Wildman–Crippen MR) is 138 cm³/mol. The van der Waals surface area contributed by atoms with Crippen molar-refractivity contribution in [2.45, 2.75) is 11.1 Å². The van der Waals surface area contributed by atoms with E-state index in [2.05, 4.69) is 15.6 Å². The van der Waals surface area contributed by atoms with Crippen LogP contribution in [0.5, 0.6) is 0 Å². The molecule has 0 aliphatic rings. The fourth-order valence-electron chi connectivity index (χ4n) is 3.39. The molecule has 2 heterocycles. The summed E-state index contributed by atoms with van der Waals surface area (Å²) in [4.78, 5) is 29.9. The number of urea groups is 1. The summed E-state index contributed by atoms with van der Waals surface area (Å²) >= 11 is 6.61. The Morgan fingerprint density at radius 1 is 1.11 bits per heavy atom. The highest BCUT2D eigenvalue weighted by molar-refractivity contribution is 7.92. The average Bonchev–Trinajstić information content (AvgIpc) is 3.25. The number of nitrogens with two attached hydrogens (primary N) is 1. The van der Waals surface area contributed by atoms with Crippen molar-refractivity contribution in [3.63, 3.8) is 0 Å². The standard InChI is InChI=1S/C22H21ClN6O4S2/c1-13-26-18-12-15(25-11-10-24)4-7-17(18)21(30)29(13)16-5-2-14(3-6-16)27-22(31)28-35(32,33)20-9-8-19(23)34-20/h2-9,12,25H,10-11,24H2,1H3,(H2,27,28,31). The Labute approximate surface area is 209 Å². The number of thiophene rings is 1. The molecule has 0 bridgehead atoms. The molecular formula is C22H21ClN6O4S2. The first-order chi connectivity index (χ1) is 16.7. The summed E-state index contributed by atoms with van der Waals surface area (Å²) in [6, 6.07) is 13.5. The summed E-state index contributed by atoms with van der Waals surface area (Å²) in [5.41, 5.74) is 7.55. The van der Waals surface area contributed by atoms with Crippen LogP contribution in [-0.2, 0) is 10.0 Å². The maximum Gasteiger partial charge on any atom is 0.333 e. The monoisotopic (exact) mass is 532 g/mol. The molecule has 0 atom stereocenters. The minimum atomic E-state index is -4.04. The second-order valence-electron chi connectivity index (χ2n) is 7.41. The second-order valence-corrected chi connectivity index (χ2v) is 11.0. The van der Waals surface area contributed by atoms with Gasteiger partial charge < -0.3 is 16.4 Å². The Morgan fingerprint density at radius 2 is 1.83 bits per heavy atom. The van der Waals surface area contributed by atoms with Crippen LogP contribution in [0.1, 0.15) is 5.82 Å². The first kappa shape index (κ1) is 24.7. The molecule has 13 heteroatoms. The first-order valence-corrected chi connectivity index (χ1v) is 13.0. The molecule has 4 aromatic rings. The molecule has 10 nitrogen and oxygen atoms in total. The summed E-state index contributed by atoms with van der Waals surface area (Å²) in [7, 11) is -4.04. The van der Waals surface area contributed by atoms with Crippen molar-refractivity contribution in [3.8, 4) is 5.69 Å². The molecule has 0 radical (unpaired) electrons. The number of nitrogens with zero attached hydrogens (tertiary/aromatic N) is 2. The SMILES string of the molecule is Cc1nc2cc(NCCN)ccc2c(=O)n1-c1ccc(NC(=O)NS(=O)(=O)c2ccc(Cl)s2)cc1. The fraction of sp³-hybridized carbons (Fsp3) is 0.136. The molecule has 0 spiro atoms. The predicted octanol–water partition coefficient (Wildman–Crippen LogP) is 3.29. The molecule has 0 aliphatic heterocycles. The number of hydrogen-bond donors (Lipinski definition) is 4. The van der Waals surface area contributed by atoms with E-state index < -0.39 is 16.1 Å².